The zero-order valence-electron chi connectivity index (χ0n) is 8.54. The number of nitrogens with zero attached hydrogens (tertiary/aromatic N) is 2. The maximum Gasteiger partial charge on any atom is 0.287 e. The molecule has 0 unspecified atom stereocenters. The lowest BCUT2D eigenvalue weighted by Crippen LogP contribution is -1.89. The Kier molecular flexibility index (Phi) is 3.34. The molecule has 0 aliphatic carbocycles. The number of nitro groups is 1. The molecular weight excluding hydrogens is 243 g/mol. The average Bonchev–Trinajstić information content (AvgIpc) is 2.29. The maximum absolute atomic E-state index is 12.9. The van der Waals surface area contributed by atoms with Gasteiger partial charge in [-0.15, -0.1) is 0 Å². The van der Waals surface area contributed by atoms with E-state index in [1.165, 1.54) is 42.2 Å². The molecule has 0 aliphatic rings. The zero-order chi connectivity index (χ0) is 12.3. The lowest BCUT2D eigenvalue weighted by atomic mass is 10.4. The summed E-state index contributed by atoms with van der Waals surface area (Å²) >= 11 is 1.25. The first kappa shape index (κ1) is 11.5. The molecule has 0 aliphatic heterocycles. The van der Waals surface area contributed by atoms with Gasteiger partial charge in [0.1, 0.15) is 17.0 Å². The van der Waals surface area contributed by atoms with Crippen LogP contribution in [-0.2, 0) is 0 Å². The van der Waals surface area contributed by atoms with Gasteiger partial charge in [-0.1, -0.05) is 17.8 Å². The molecule has 0 saturated carbocycles. The lowest BCUT2D eigenvalue weighted by Gasteiger charge is -2.00. The highest BCUT2D eigenvalue weighted by Crippen LogP contribution is 2.27. The van der Waals surface area contributed by atoms with Crippen LogP contribution in [0.1, 0.15) is 0 Å². The Labute approximate surface area is 101 Å². The van der Waals surface area contributed by atoms with Crippen LogP contribution in [0.4, 0.5) is 10.1 Å². The predicted octanol–water partition coefficient (Wildman–Crippen LogP) is 3.28. The summed E-state index contributed by atoms with van der Waals surface area (Å²) in [5.74, 6) is -0.322. The Morgan fingerprint density at radius 3 is 2.71 bits per heavy atom. The molecule has 0 spiro atoms. The highest BCUT2D eigenvalue weighted by molar-refractivity contribution is 7.99. The number of benzene rings is 1. The summed E-state index contributed by atoms with van der Waals surface area (Å²) in [7, 11) is 0. The van der Waals surface area contributed by atoms with Crippen molar-refractivity contribution in [3.63, 3.8) is 0 Å². The molecule has 1 heterocycles. The largest absolute Gasteiger partial charge is 0.287 e. The van der Waals surface area contributed by atoms with E-state index in [0.29, 0.717) is 9.92 Å². The molecule has 0 N–H and O–H groups in total. The smallest absolute Gasteiger partial charge is 0.258 e. The topological polar surface area (TPSA) is 56.0 Å². The maximum atomic E-state index is 12.9. The first-order valence-corrected chi connectivity index (χ1v) is 5.51. The van der Waals surface area contributed by atoms with Crippen LogP contribution < -0.4 is 0 Å². The molecule has 0 fully saturated rings. The molecule has 6 heteroatoms. The Bertz CT molecular complexity index is 545. The number of hydrogen-bond acceptors (Lipinski definition) is 4. The minimum atomic E-state index is -0.510. The van der Waals surface area contributed by atoms with E-state index in [4.69, 9.17) is 0 Å². The molecule has 0 amide bonds. The van der Waals surface area contributed by atoms with Crippen molar-refractivity contribution in [1.29, 1.82) is 0 Å². The molecule has 0 radical (unpaired) electrons. The minimum Gasteiger partial charge on any atom is -0.258 e. The van der Waals surface area contributed by atoms with Crippen molar-refractivity contribution in [3.8, 4) is 0 Å². The van der Waals surface area contributed by atoms with Gasteiger partial charge in [0, 0.05) is 11.0 Å². The van der Waals surface area contributed by atoms with E-state index >= 15 is 0 Å². The Hall–Kier alpha value is -1.95. The van der Waals surface area contributed by atoms with Crippen LogP contribution in [0.2, 0.25) is 0 Å². The first-order valence-electron chi connectivity index (χ1n) is 4.69. The number of rotatable bonds is 3. The quantitative estimate of drug-likeness (QED) is 0.619. The number of pyridine rings is 1. The van der Waals surface area contributed by atoms with Gasteiger partial charge in [-0.25, -0.2) is 9.37 Å². The zero-order valence-corrected chi connectivity index (χ0v) is 9.36. The fraction of sp³-hybridized carbons (Fsp3) is 0. The first-order chi connectivity index (χ1) is 8.15. The molecule has 4 nitrogen and oxygen atoms in total. The van der Waals surface area contributed by atoms with Gasteiger partial charge in [-0.05, 0) is 24.3 Å². The predicted molar refractivity (Wildman–Crippen MR) is 61.4 cm³/mol. The standard InChI is InChI=1S/C11H7FN2O2S/c12-8-2-1-3-10(6-8)17-11-5-4-9(7-13-11)14(15)16/h1-7H. The van der Waals surface area contributed by atoms with Crippen molar-refractivity contribution in [2.24, 2.45) is 0 Å². The van der Waals surface area contributed by atoms with Crippen molar-refractivity contribution in [3.05, 3.63) is 58.5 Å². The van der Waals surface area contributed by atoms with Gasteiger partial charge in [0.15, 0.2) is 0 Å². The van der Waals surface area contributed by atoms with E-state index in [-0.39, 0.29) is 11.5 Å². The molecular formula is C11H7FN2O2S. The van der Waals surface area contributed by atoms with Gasteiger partial charge in [0.2, 0.25) is 0 Å². The summed E-state index contributed by atoms with van der Waals surface area (Å²) in [5, 5.41) is 11.0. The molecule has 1 aromatic carbocycles. The van der Waals surface area contributed by atoms with Gasteiger partial charge in [0.25, 0.3) is 5.69 Å². The third-order valence-corrected chi connectivity index (χ3v) is 2.89. The van der Waals surface area contributed by atoms with Gasteiger partial charge >= 0.3 is 0 Å². The van der Waals surface area contributed by atoms with Crippen LogP contribution >= 0.6 is 11.8 Å². The van der Waals surface area contributed by atoms with Crippen LogP contribution in [0.5, 0.6) is 0 Å². The summed E-state index contributed by atoms with van der Waals surface area (Å²) in [6.07, 6.45) is 1.18. The number of halogens is 1. The molecule has 2 aromatic rings. The summed E-state index contributed by atoms with van der Waals surface area (Å²) < 4.78 is 12.9. The Morgan fingerprint density at radius 2 is 2.12 bits per heavy atom. The van der Waals surface area contributed by atoms with Crippen LogP contribution in [0.3, 0.4) is 0 Å². The van der Waals surface area contributed by atoms with Crippen molar-refractivity contribution in [2.75, 3.05) is 0 Å². The number of hydrogen-bond donors (Lipinski definition) is 0. The molecule has 17 heavy (non-hydrogen) atoms. The molecule has 0 atom stereocenters. The van der Waals surface area contributed by atoms with Crippen molar-refractivity contribution in [1.82, 2.24) is 4.98 Å². The van der Waals surface area contributed by atoms with E-state index in [9.17, 15) is 14.5 Å². The van der Waals surface area contributed by atoms with Crippen LogP contribution in [0.15, 0.2) is 52.5 Å². The van der Waals surface area contributed by atoms with Gasteiger partial charge in [-0.3, -0.25) is 10.1 Å². The van der Waals surface area contributed by atoms with Crippen molar-refractivity contribution < 1.29 is 9.31 Å². The highest BCUT2D eigenvalue weighted by Gasteiger charge is 2.06. The molecule has 86 valence electrons. The van der Waals surface area contributed by atoms with E-state index in [2.05, 4.69) is 4.98 Å². The van der Waals surface area contributed by atoms with Crippen LogP contribution in [0, 0.1) is 15.9 Å². The second-order valence-corrected chi connectivity index (χ2v) is 4.26. The summed E-state index contributed by atoms with van der Waals surface area (Å²) in [5.41, 5.74) is -0.0615. The van der Waals surface area contributed by atoms with Crippen LogP contribution in [0.25, 0.3) is 0 Å². The van der Waals surface area contributed by atoms with E-state index in [1.54, 1.807) is 12.1 Å². The van der Waals surface area contributed by atoms with Crippen LogP contribution in [-0.4, -0.2) is 9.91 Å². The fourth-order valence-corrected chi connectivity index (χ4v) is 1.99. The van der Waals surface area contributed by atoms with E-state index in [0.717, 1.165) is 0 Å². The summed E-state index contributed by atoms with van der Waals surface area (Å²) in [6.45, 7) is 0. The third-order valence-electron chi connectivity index (χ3n) is 1.95. The lowest BCUT2D eigenvalue weighted by molar-refractivity contribution is -0.385. The highest BCUT2D eigenvalue weighted by atomic mass is 32.2. The normalized spacial score (nSPS) is 10.2. The van der Waals surface area contributed by atoms with Gasteiger partial charge in [-0.2, -0.15) is 0 Å². The Morgan fingerprint density at radius 1 is 1.29 bits per heavy atom. The second kappa shape index (κ2) is 4.92. The van der Waals surface area contributed by atoms with Gasteiger partial charge in [0.05, 0.1) is 4.92 Å². The molecule has 2 rings (SSSR count). The SMILES string of the molecule is O=[N+]([O-])c1ccc(Sc2cccc(F)c2)nc1. The number of aromatic nitrogens is 1. The van der Waals surface area contributed by atoms with Gasteiger partial charge < -0.3 is 0 Å². The minimum absolute atomic E-state index is 0.0615. The van der Waals surface area contributed by atoms with E-state index in [1.807, 2.05) is 0 Å². The molecule has 0 saturated heterocycles. The average molecular weight is 250 g/mol. The van der Waals surface area contributed by atoms with Crippen molar-refractivity contribution in [2.45, 2.75) is 9.92 Å². The second-order valence-electron chi connectivity index (χ2n) is 3.17. The molecule has 0 bridgehead atoms. The van der Waals surface area contributed by atoms with Crippen molar-refractivity contribution >= 4 is 17.4 Å². The summed E-state index contributed by atoms with van der Waals surface area (Å²) in [4.78, 5) is 14.5. The fourth-order valence-electron chi connectivity index (χ4n) is 1.19. The molecule has 1 aromatic heterocycles. The summed E-state index contributed by atoms with van der Waals surface area (Å²) in [6, 6.07) is 8.99. The van der Waals surface area contributed by atoms with E-state index < -0.39 is 4.92 Å². The third kappa shape index (κ3) is 3.01. The monoisotopic (exact) mass is 250 g/mol. The Balaban J connectivity index is 2.16.